The van der Waals surface area contributed by atoms with Gasteiger partial charge in [0.2, 0.25) is 5.91 Å². The van der Waals surface area contributed by atoms with Gasteiger partial charge in [-0.15, -0.1) is 0 Å². The Balaban J connectivity index is 2.64. The van der Waals surface area contributed by atoms with E-state index in [1.54, 1.807) is 0 Å². The first-order valence-electron chi connectivity index (χ1n) is 7.61. The molecule has 0 aliphatic carbocycles. The van der Waals surface area contributed by atoms with Gasteiger partial charge in [-0.25, -0.2) is 4.39 Å². The van der Waals surface area contributed by atoms with Crippen LogP contribution in [0.25, 0.3) is 0 Å². The molecular weight excluding hydrogens is 283 g/mol. The Kier molecular flexibility index (Phi) is 7.00. The van der Waals surface area contributed by atoms with E-state index in [9.17, 15) is 14.3 Å². The maximum absolute atomic E-state index is 13.6. The number of aliphatic hydroxyl groups is 1. The molecule has 0 bridgehead atoms. The number of carbonyl (C=O) groups excluding carboxylic acids is 1. The number of nitrogens with one attached hydrogen (secondary N) is 1. The number of benzene rings is 1. The zero-order valence-corrected chi connectivity index (χ0v) is 13.2. The number of carbonyl (C=O) groups is 1. The lowest BCUT2D eigenvalue weighted by Crippen LogP contribution is -2.36. The van der Waals surface area contributed by atoms with Crippen molar-refractivity contribution in [3.05, 3.63) is 35.1 Å². The number of amides is 1. The minimum Gasteiger partial charge on any atom is -0.389 e. The lowest BCUT2D eigenvalue weighted by atomic mass is 9.89. The lowest BCUT2D eigenvalue weighted by molar-refractivity contribution is -0.126. The van der Waals surface area contributed by atoms with Gasteiger partial charge >= 0.3 is 0 Å². The van der Waals surface area contributed by atoms with E-state index < -0.39 is 11.4 Å². The molecule has 5 heteroatoms. The second kappa shape index (κ2) is 8.50. The monoisotopic (exact) mass is 306 g/mol. The number of hydrogen-bond acceptors (Lipinski definition) is 3. The molecule has 4 nitrogen and oxygen atoms in total. The van der Waals surface area contributed by atoms with Crippen LogP contribution in [-0.4, -0.2) is 16.6 Å². The van der Waals surface area contributed by atoms with E-state index in [4.69, 9.17) is 5.26 Å². The van der Waals surface area contributed by atoms with Gasteiger partial charge in [-0.3, -0.25) is 4.79 Å². The van der Waals surface area contributed by atoms with E-state index in [1.165, 1.54) is 18.2 Å². The molecule has 0 aliphatic heterocycles. The van der Waals surface area contributed by atoms with Crippen molar-refractivity contribution < 1.29 is 14.3 Å². The molecule has 1 aromatic carbocycles. The summed E-state index contributed by atoms with van der Waals surface area (Å²) in [5.74, 6) is -0.775. The minimum absolute atomic E-state index is 0.00817. The van der Waals surface area contributed by atoms with Crippen LogP contribution in [0.4, 0.5) is 4.39 Å². The maximum atomic E-state index is 13.6. The quantitative estimate of drug-likeness (QED) is 0.775. The SMILES string of the molecule is CCCC(O)(CCC)CC(=O)NCc1cc(C#N)ccc1F. The summed E-state index contributed by atoms with van der Waals surface area (Å²) < 4.78 is 13.6. The summed E-state index contributed by atoms with van der Waals surface area (Å²) in [7, 11) is 0. The van der Waals surface area contributed by atoms with Gasteiger partial charge in [-0.2, -0.15) is 5.26 Å². The topological polar surface area (TPSA) is 73.1 Å². The van der Waals surface area contributed by atoms with Crippen LogP contribution in [-0.2, 0) is 11.3 Å². The van der Waals surface area contributed by atoms with Gasteiger partial charge < -0.3 is 10.4 Å². The summed E-state index contributed by atoms with van der Waals surface area (Å²) in [6.45, 7) is 3.93. The van der Waals surface area contributed by atoms with Crippen LogP contribution in [0, 0.1) is 17.1 Å². The van der Waals surface area contributed by atoms with Crippen LogP contribution in [0.3, 0.4) is 0 Å². The third kappa shape index (κ3) is 5.45. The Morgan fingerprint density at radius 2 is 2.00 bits per heavy atom. The van der Waals surface area contributed by atoms with Crippen LogP contribution >= 0.6 is 0 Å². The highest BCUT2D eigenvalue weighted by molar-refractivity contribution is 5.77. The van der Waals surface area contributed by atoms with Crippen LogP contribution in [0.15, 0.2) is 18.2 Å². The van der Waals surface area contributed by atoms with E-state index in [2.05, 4.69) is 5.32 Å². The number of rotatable bonds is 8. The third-order valence-electron chi connectivity index (χ3n) is 3.57. The van der Waals surface area contributed by atoms with Crippen LogP contribution < -0.4 is 5.32 Å². The largest absolute Gasteiger partial charge is 0.389 e. The molecule has 0 saturated carbocycles. The molecule has 0 atom stereocenters. The molecule has 1 rings (SSSR count). The number of hydrogen-bond donors (Lipinski definition) is 2. The molecule has 1 amide bonds. The van der Waals surface area contributed by atoms with Crippen molar-refractivity contribution in [2.45, 2.75) is 58.1 Å². The Morgan fingerprint density at radius 3 is 2.55 bits per heavy atom. The summed E-state index contributed by atoms with van der Waals surface area (Å²) in [5, 5.41) is 21.9. The van der Waals surface area contributed by atoms with Gasteiger partial charge in [0.25, 0.3) is 0 Å². The average molecular weight is 306 g/mol. The van der Waals surface area contributed by atoms with Crippen LogP contribution in [0.1, 0.15) is 57.1 Å². The highest BCUT2D eigenvalue weighted by Crippen LogP contribution is 2.23. The van der Waals surface area contributed by atoms with Gasteiger partial charge in [0.15, 0.2) is 0 Å². The van der Waals surface area contributed by atoms with Crippen LogP contribution in [0.2, 0.25) is 0 Å². The molecule has 120 valence electrons. The number of halogens is 1. The predicted molar refractivity (Wildman–Crippen MR) is 82.3 cm³/mol. The van der Waals surface area contributed by atoms with Crippen molar-refractivity contribution >= 4 is 5.91 Å². The van der Waals surface area contributed by atoms with Gasteiger partial charge in [0.1, 0.15) is 5.82 Å². The lowest BCUT2D eigenvalue weighted by Gasteiger charge is -2.26. The highest BCUT2D eigenvalue weighted by atomic mass is 19.1. The Bertz CT molecular complexity index is 546. The van der Waals surface area contributed by atoms with E-state index in [0.717, 1.165) is 12.8 Å². The van der Waals surface area contributed by atoms with Gasteiger partial charge in [-0.1, -0.05) is 26.7 Å². The normalized spacial score (nSPS) is 11.0. The first kappa shape index (κ1) is 18.1. The number of nitrogens with zero attached hydrogens (tertiary/aromatic N) is 1. The number of nitriles is 1. The molecule has 0 heterocycles. The van der Waals surface area contributed by atoms with Gasteiger partial charge in [0.05, 0.1) is 23.7 Å². The molecule has 0 fully saturated rings. The van der Waals surface area contributed by atoms with Gasteiger partial charge in [-0.05, 0) is 31.0 Å². The second-order valence-corrected chi connectivity index (χ2v) is 5.60. The molecule has 2 N–H and O–H groups in total. The van der Waals surface area contributed by atoms with E-state index in [-0.39, 0.29) is 24.4 Å². The molecular formula is C17H23FN2O2. The van der Waals surface area contributed by atoms with Crippen molar-refractivity contribution in [2.75, 3.05) is 0 Å². The Morgan fingerprint density at radius 1 is 1.36 bits per heavy atom. The van der Waals surface area contributed by atoms with E-state index in [1.807, 2.05) is 19.9 Å². The van der Waals surface area contributed by atoms with Crippen LogP contribution in [0.5, 0.6) is 0 Å². The van der Waals surface area contributed by atoms with Crippen molar-refractivity contribution in [3.63, 3.8) is 0 Å². The molecule has 0 aliphatic rings. The molecule has 1 aromatic rings. The maximum Gasteiger partial charge on any atom is 0.223 e. The summed E-state index contributed by atoms with van der Waals surface area (Å²) >= 11 is 0. The van der Waals surface area contributed by atoms with Gasteiger partial charge in [0, 0.05) is 12.1 Å². The molecule has 0 saturated heterocycles. The first-order valence-corrected chi connectivity index (χ1v) is 7.61. The fourth-order valence-electron chi connectivity index (χ4n) is 2.57. The summed E-state index contributed by atoms with van der Waals surface area (Å²) in [5.41, 5.74) is -0.387. The Hall–Kier alpha value is -1.93. The summed E-state index contributed by atoms with van der Waals surface area (Å²) in [6, 6.07) is 5.95. The standard InChI is InChI=1S/C17H23FN2O2/c1-3-7-17(22,8-4-2)10-16(21)20-12-14-9-13(11-19)5-6-15(14)18/h5-6,9,22H,3-4,7-8,10,12H2,1-2H3,(H,20,21). The fourth-order valence-corrected chi connectivity index (χ4v) is 2.57. The first-order chi connectivity index (χ1) is 10.4. The van der Waals surface area contributed by atoms with Crippen molar-refractivity contribution in [1.82, 2.24) is 5.32 Å². The summed E-state index contributed by atoms with van der Waals surface area (Å²) in [6.07, 6.45) is 2.72. The average Bonchev–Trinajstić information content (AvgIpc) is 2.46. The second-order valence-electron chi connectivity index (χ2n) is 5.60. The Labute approximate surface area is 131 Å². The van der Waals surface area contributed by atoms with Crippen molar-refractivity contribution in [2.24, 2.45) is 0 Å². The molecule has 0 radical (unpaired) electrons. The van der Waals surface area contributed by atoms with Crippen molar-refractivity contribution in [3.8, 4) is 6.07 Å². The zero-order chi connectivity index (χ0) is 16.6. The molecule has 0 spiro atoms. The molecule has 0 aromatic heterocycles. The summed E-state index contributed by atoms with van der Waals surface area (Å²) in [4.78, 5) is 12.0. The fraction of sp³-hybridized carbons (Fsp3) is 0.529. The predicted octanol–water partition coefficient (Wildman–Crippen LogP) is 3.03. The van der Waals surface area contributed by atoms with E-state index in [0.29, 0.717) is 18.4 Å². The van der Waals surface area contributed by atoms with Crippen molar-refractivity contribution in [1.29, 1.82) is 5.26 Å². The third-order valence-corrected chi connectivity index (χ3v) is 3.57. The minimum atomic E-state index is -0.999. The molecule has 22 heavy (non-hydrogen) atoms. The molecule has 0 unspecified atom stereocenters. The smallest absolute Gasteiger partial charge is 0.223 e. The zero-order valence-electron chi connectivity index (χ0n) is 13.2. The highest BCUT2D eigenvalue weighted by Gasteiger charge is 2.28. The van der Waals surface area contributed by atoms with E-state index >= 15 is 0 Å².